The molecule has 2 rings (SSSR count). The zero-order valence-electron chi connectivity index (χ0n) is 12.5. The van der Waals surface area contributed by atoms with E-state index < -0.39 is 11.9 Å². The lowest BCUT2D eigenvalue weighted by Gasteiger charge is -2.01. The molecule has 24 heavy (non-hydrogen) atoms. The van der Waals surface area contributed by atoms with Crippen LogP contribution in [-0.2, 0) is 22.9 Å². The van der Waals surface area contributed by atoms with Crippen LogP contribution >= 0.6 is 0 Å². The predicted molar refractivity (Wildman–Crippen MR) is 81.2 cm³/mol. The second-order valence-electron chi connectivity index (χ2n) is 4.71. The summed E-state index contributed by atoms with van der Waals surface area (Å²) in [5, 5.41) is 24.3. The van der Waals surface area contributed by atoms with Gasteiger partial charge in [0, 0.05) is 0 Å². The molecule has 124 valence electrons. The van der Waals surface area contributed by atoms with E-state index in [0.717, 1.165) is 11.1 Å². The monoisotopic (exact) mass is 330 g/mol. The first kappa shape index (κ1) is 16.9. The van der Waals surface area contributed by atoms with Crippen LogP contribution in [-0.4, -0.2) is 22.2 Å². The minimum absolute atomic E-state index is 0.125. The number of nitrogens with zero attached hydrogens (tertiary/aromatic N) is 2. The Morgan fingerprint density at radius 1 is 0.708 bits per heavy atom. The van der Waals surface area contributed by atoms with Crippen molar-refractivity contribution in [2.24, 2.45) is 10.6 Å². The summed E-state index contributed by atoms with van der Waals surface area (Å²) in [5.41, 5.74) is 1.86. The van der Waals surface area contributed by atoms with Gasteiger partial charge in [0.1, 0.15) is 13.2 Å². The number of aromatic carboxylic acids is 2. The number of carbonyl (C=O) groups is 2. The first-order valence-electron chi connectivity index (χ1n) is 6.85. The quantitative estimate of drug-likeness (QED) is 0.567. The zero-order chi connectivity index (χ0) is 17.4. The van der Waals surface area contributed by atoms with Crippen molar-refractivity contribution < 1.29 is 29.5 Å². The van der Waals surface area contributed by atoms with Crippen molar-refractivity contribution >= 4 is 11.9 Å². The average molecular weight is 330 g/mol. The number of rotatable bonds is 8. The molecule has 0 spiro atoms. The topological polar surface area (TPSA) is 118 Å². The Hall–Kier alpha value is -3.42. The zero-order valence-corrected chi connectivity index (χ0v) is 12.5. The summed E-state index contributed by atoms with van der Waals surface area (Å²) in [5.74, 6) is -1.99. The maximum absolute atomic E-state index is 10.7. The molecular formula is C16H14N2O6. The van der Waals surface area contributed by atoms with E-state index in [-0.39, 0.29) is 24.3 Å². The lowest BCUT2D eigenvalue weighted by molar-refractivity contribution is 0.0269. The van der Waals surface area contributed by atoms with Gasteiger partial charge in [0.15, 0.2) is 0 Å². The van der Waals surface area contributed by atoms with Gasteiger partial charge in [-0.25, -0.2) is 9.59 Å². The van der Waals surface area contributed by atoms with Crippen LogP contribution in [0.5, 0.6) is 0 Å². The second-order valence-corrected chi connectivity index (χ2v) is 4.71. The first-order chi connectivity index (χ1) is 11.6. The first-order valence-corrected chi connectivity index (χ1v) is 6.85. The van der Waals surface area contributed by atoms with Gasteiger partial charge in [0.2, 0.25) is 0 Å². The van der Waals surface area contributed by atoms with Crippen LogP contribution < -0.4 is 0 Å². The maximum Gasteiger partial charge on any atom is 0.335 e. The highest BCUT2D eigenvalue weighted by molar-refractivity contribution is 5.87. The van der Waals surface area contributed by atoms with Crippen molar-refractivity contribution in [3.8, 4) is 0 Å². The number of carboxylic acids is 2. The average Bonchev–Trinajstić information content (AvgIpc) is 2.58. The van der Waals surface area contributed by atoms with E-state index in [4.69, 9.17) is 19.9 Å². The Labute approximate surface area is 136 Å². The summed E-state index contributed by atoms with van der Waals surface area (Å²) >= 11 is 0. The molecule has 0 heterocycles. The van der Waals surface area contributed by atoms with Gasteiger partial charge in [-0.3, -0.25) is 0 Å². The summed E-state index contributed by atoms with van der Waals surface area (Å²) in [4.78, 5) is 31.2. The number of benzene rings is 2. The van der Waals surface area contributed by atoms with Crippen molar-refractivity contribution in [1.29, 1.82) is 0 Å². The van der Waals surface area contributed by atoms with Gasteiger partial charge < -0.3 is 19.9 Å². The fourth-order valence-corrected chi connectivity index (χ4v) is 1.74. The fraction of sp³-hybridized carbons (Fsp3) is 0.125. The molecule has 0 radical (unpaired) electrons. The molecule has 0 amide bonds. The number of hydrogen-bond acceptors (Lipinski definition) is 6. The van der Waals surface area contributed by atoms with E-state index in [1.54, 1.807) is 24.3 Å². The molecule has 0 saturated carbocycles. The van der Waals surface area contributed by atoms with Gasteiger partial charge in [0.05, 0.1) is 21.7 Å². The highest BCUT2D eigenvalue weighted by Crippen LogP contribution is 2.07. The summed E-state index contributed by atoms with van der Waals surface area (Å²) < 4.78 is 0. The third kappa shape index (κ3) is 5.09. The van der Waals surface area contributed by atoms with E-state index in [1.165, 1.54) is 24.3 Å². The molecule has 8 heteroatoms. The van der Waals surface area contributed by atoms with Gasteiger partial charge in [-0.2, -0.15) is 0 Å². The van der Waals surface area contributed by atoms with Crippen LogP contribution in [0.3, 0.4) is 0 Å². The number of carboxylic acid groups (broad SMARTS) is 2. The highest BCUT2D eigenvalue weighted by Gasteiger charge is 2.02. The minimum Gasteiger partial charge on any atom is -0.478 e. The molecule has 2 aromatic carbocycles. The van der Waals surface area contributed by atoms with Crippen molar-refractivity contribution in [2.75, 3.05) is 0 Å². The van der Waals surface area contributed by atoms with Gasteiger partial charge in [0.25, 0.3) is 0 Å². The molecule has 0 atom stereocenters. The van der Waals surface area contributed by atoms with Crippen molar-refractivity contribution in [3.05, 3.63) is 70.8 Å². The Balaban J connectivity index is 1.71. The minimum atomic E-state index is -0.994. The van der Waals surface area contributed by atoms with Crippen LogP contribution in [0.2, 0.25) is 0 Å². The molecule has 0 aromatic heterocycles. The van der Waals surface area contributed by atoms with E-state index in [1.807, 2.05) is 0 Å². The molecular weight excluding hydrogens is 316 g/mol. The standard InChI is InChI=1S/C16H14N2O6/c19-15(20)13-5-1-11(2-6-13)9-23-17-18-24-10-12-3-7-14(8-4-12)16(21)22/h1-8H,9-10H2,(H,19,20)(H,21,22)/b18-17+. The molecule has 2 N–H and O–H groups in total. The van der Waals surface area contributed by atoms with Gasteiger partial charge in [-0.15, -0.1) is 0 Å². The normalized spacial score (nSPS) is 10.5. The van der Waals surface area contributed by atoms with Crippen molar-refractivity contribution in [2.45, 2.75) is 13.2 Å². The highest BCUT2D eigenvalue weighted by atomic mass is 16.7. The molecule has 0 aliphatic rings. The SMILES string of the molecule is O=C(O)c1ccc(CO/N=N/OCc2ccc(C(=O)O)cc2)cc1. The van der Waals surface area contributed by atoms with Crippen LogP contribution in [0.15, 0.2) is 59.1 Å². The maximum atomic E-state index is 10.7. The summed E-state index contributed by atoms with van der Waals surface area (Å²) in [6.45, 7) is 0.250. The fourth-order valence-electron chi connectivity index (χ4n) is 1.74. The molecule has 0 bridgehead atoms. The Kier molecular flexibility index (Phi) is 5.84. The third-order valence-electron chi connectivity index (χ3n) is 3.01. The van der Waals surface area contributed by atoms with Crippen LogP contribution in [0.25, 0.3) is 0 Å². The summed E-state index contributed by atoms with van der Waals surface area (Å²) in [6, 6.07) is 12.3. The lowest BCUT2D eigenvalue weighted by atomic mass is 10.1. The van der Waals surface area contributed by atoms with Gasteiger partial charge in [-0.1, -0.05) is 24.3 Å². The van der Waals surface area contributed by atoms with Gasteiger partial charge >= 0.3 is 11.9 Å². The lowest BCUT2D eigenvalue weighted by Crippen LogP contribution is -1.96. The van der Waals surface area contributed by atoms with E-state index >= 15 is 0 Å². The molecule has 2 aromatic rings. The van der Waals surface area contributed by atoms with E-state index in [0.29, 0.717) is 0 Å². The largest absolute Gasteiger partial charge is 0.478 e. The van der Waals surface area contributed by atoms with Crippen LogP contribution in [0.1, 0.15) is 31.8 Å². The smallest absolute Gasteiger partial charge is 0.335 e. The molecule has 0 fully saturated rings. The predicted octanol–water partition coefficient (Wildman–Crippen LogP) is 3.10. The number of hydrogen-bond donors (Lipinski definition) is 2. The molecule has 0 unspecified atom stereocenters. The molecule has 8 nitrogen and oxygen atoms in total. The second kappa shape index (κ2) is 8.28. The Morgan fingerprint density at radius 3 is 1.33 bits per heavy atom. The van der Waals surface area contributed by atoms with E-state index in [9.17, 15) is 9.59 Å². The Bertz CT molecular complexity index is 662. The Morgan fingerprint density at radius 2 is 1.04 bits per heavy atom. The van der Waals surface area contributed by atoms with Crippen molar-refractivity contribution in [1.82, 2.24) is 0 Å². The third-order valence-corrected chi connectivity index (χ3v) is 3.01. The molecule has 0 saturated heterocycles. The van der Waals surface area contributed by atoms with E-state index in [2.05, 4.69) is 10.6 Å². The van der Waals surface area contributed by atoms with Gasteiger partial charge in [-0.05, 0) is 35.4 Å². The molecule has 0 aliphatic heterocycles. The molecule has 0 aliphatic carbocycles. The van der Waals surface area contributed by atoms with Crippen molar-refractivity contribution in [3.63, 3.8) is 0 Å². The summed E-state index contributed by atoms with van der Waals surface area (Å²) in [6.07, 6.45) is 0. The van der Waals surface area contributed by atoms with Crippen LogP contribution in [0, 0.1) is 0 Å². The summed E-state index contributed by atoms with van der Waals surface area (Å²) in [7, 11) is 0. The van der Waals surface area contributed by atoms with Crippen LogP contribution in [0.4, 0.5) is 0 Å².